The van der Waals surface area contributed by atoms with Gasteiger partial charge in [-0.2, -0.15) is 0 Å². The predicted molar refractivity (Wildman–Crippen MR) is 24.5 cm³/mol. The lowest BCUT2D eigenvalue weighted by atomic mass is 10.3. The van der Waals surface area contributed by atoms with E-state index in [1.54, 1.807) is 6.20 Å². The average molecular weight is 95.1 g/mol. The smallest absolute Gasteiger partial charge is 0.126 e. The topological polar surface area (TPSA) is 26.0 Å². The van der Waals surface area contributed by atoms with Gasteiger partial charge in [-0.1, -0.05) is 5.16 Å². The summed E-state index contributed by atoms with van der Waals surface area (Å²) in [4.78, 5) is 0. The van der Waals surface area contributed by atoms with Crippen molar-refractivity contribution in [1.29, 1.82) is 0 Å². The van der Waals surface area contributed by atoms with Crippen LogP contribution in [-0.4, -0.2) is 5.16 Å². The lowest BCUT2D eigenvalue weighted by Crippen LogP contribution is -1.68. The van der Waals surface area contributed by atoms with Crippen LogP contribution >= 0.6 is 0 Å². The molecule has 0 aliphatic heterocycles. The Kier molecular flexibility index (Phi) is 1.11. The molecule has 0 saturated heterocycles. The Morgan fingerprint density at radius 1 is 1.86 bits per heavy atom. The quantitative estimate of drug-likeness (QED) is 0.518. The van der Waals surface area contributed by atoms with Crippen LogP contribution in [0.1, 0.15) is 5.56 Å². The molecule has 0 aliphatic carbocycles. The van der Waals surface area contributed by atoms with Gasteiger partial charge in [0.1, 0.15) is 6.26 Å². The molecule has 0 amide bonds. The number of rotatable bonds is 1. The molecule has 0 spiro atoms. The van der Waals surface area contributed by atoms with Crippen LogP contribution in [-0.2, 0) is 6.42 Å². The van der Waals surface area contributed by atoms with Crippen LogP contribution in [0.2, 0.25) is 0 Å². The molecule has 0 bridgehead atoms. The third-order valence-electron chi connectivity index (χ3n) is 0.719. The van der Waals surface area contributed by atoms with Crippen molar-refractivity contribution in [2.75, 3.05) is 0 Å². The van der Waals surface area contributed by atoms with E-state index in [0.717, 1.165) is 5.56 Å². The molecule has 1 aromatic rings. The second-order valence-electron chi connectivity index (χ2n) is 1.24. The molecule has 0 N–H and O–H groups in total. The molecule has 0 aromatic carbocycles. The van der Waals surface area contributed by atoms with Crippen LogP contribution in [0.25, 0.3) is 0 Å². The van der Waals surface area contributed by atoms with Gasteiger partial charge in [-0.25, -0.2) is 0 Å². The van der Waals surface area contributed by atoms with E-state index in [1.807, 2.05) is 0 Å². The Bertz CT molecular complexity index is 123. The van der Waals surface area contributed by atoms with Gasteiger partial charge in [0.2, 0.25) is 0 Å². The lowest BCUT2D eigenvalue weighted by Gasteiger charge is -1.74. The Balaban J connectivity index is 2.76. The van der Waals surface area contributed by atoms with Crippen LogP contribution in [0.3, 0.4) is 0 Å². The maximum atomic E-state index is 5.19. The molecular weight excluding hydrogens is 90.1 g/mol. The molecule has 0 fully saturated rings. The van der Waals surface area contributed by atoms with Crippen LogP contribution in [0.15, 0.2) is 17.0 Å². The van der Waals surface area contributed by atoms with E-state index < -0.39 is 0 Å². The molecule has 2 heteroatoms. The van der Waals surface area contributed by atoms with E-state index in [1.165, 1.54) is 6.26 Å². The molecule has 0 atom stereocenters. The van der Waals surface area contributed by atoms with Crippen molar-refractivity contribution in [1.82, 2.24) is 5.16 Å². The van der Waals surface area contributed by atoms with Crippen molar-refractivity contribution < 1.29 is 4.52 Å². The van der Waals surface area contributed by atoms with Gasteiger partial charge in [-0.15, -0.1) is 0 Å². The average Bonchev–Trinajstić information content (AvgIpc) is 2.14. The monoisotopic (exact) mass is 95.0 g/mol. The standard InChI is InChI=1S/C5H5NO/c1-2-5-3-6-7-4-5/h1,3-4H,2H2. The van der Waals surface area contributed by atoms with E-state index in [-0.39, 0.29) is 0 Å². The predicted octanol–water partition coefficient (Wildman–Crippen LogP) is 0.928. The van der Waals surface area contributed by atoms with E-state index in [9.17, 15) is 0 Å². The largest absolute Gasteiger partial charge is 0.364 e. The van der Waals surface area contributed by atoms with Crippen molar-refractivity contribution >= 4 is 0 Å². The molecule has 2 nitrogen and oxygen atoms in total. The summed E-state index contributed by atoms with van der Waals surface area (Å²) < 4.78 is 4.48. The summed E-state index contributed by atoms with van der Waals surface area (Å²) in [6.07, 6.45) is 3.63. The van der Waals surface area contributed by atoms with Crippen molar-refractivity contribution in [2.24, 2.45) is 0 Å². The fourth-order valence-electron chi connectivity index (χ4n) is 0.327. The van der Waals surface area contributed by atoms with Gasteiger partial charge in [0.15, 0.2) is 0 Å². The maximum absolute atomic E-state index is 5.19. The van der Waals surface area contributed by atoms with E-state index >= 15 is 0 Å². The van der Waals surface area contributed by atoms with Crippen LogP contribution in [0, 0.1) is 6.92 Å². The Labute approximate surface area is 42.1 Å². The zero-order valence-corrected chi connectivity index (χ0v) is 3.79. The van der Waals surface area contributed by atoms with Crippen LogP contribution in [0.4, 0.5) is 0 Å². The SMILES string of the molecule is [CH]Cc1cnoc1. The fraction of sp³-hybridized carbons (Fsp3) is 0.200. The minimum Gasteiger partial charge on any atom is -0.364 e. The summed E-state index contributed by atoms with van der Waals surface area (Å²) in [5.74, 6) is 0. The number of aromatic nitrogens is 1. The highest BCUT2D eigenvalue weighted by Crippen LogP contribution is 1.94. The zero-order chi connectivity index (χ0) is 5.11. The van der Waals surface area contributed by atoms with Crippen LogP contribution < -0.4 is 0 Å². The molecule has 0 aliphatic rings. The maximum Gasteiger partial charge on any atom is 0.126 e. The van der Waals surface area contributed by atoms with E-state index in [4.69, 9.17) is 6.92 Å². The molecule has 0 saturated carbocycles. The van der Waals surface area contributed by atoms with Crippen molar-refractivity contribution in [3.63, 3.8) is 0 Å². The summed E-state index contributed by atoms with van der Waals surface area (Å²) in [6, 6.07) is 0. The highest BCUT2D eigenvalue weighted by Gasteiger charge is 1.85. The minimum atomic E-state index is 0.503. The summed E-state index contributed by atoms with van der Waals surface area (Å²) in [5.41, 5.74) is 0.931. The third kappa shape index (κ3) is 0.796. The molecule has 1 aromatic heterocycles. The minimum absolute atomic E-state index is 0.503. The number of hydrogen-bond acceptors (Lipinski definition) is 2. The first-order valence-electron chi connectivity index (χ1n) is 2.02. The normalized spacial score (nSPS) is 9.29. The molecule has 1 rings (SSSR count). The molecular formula is C5H5NO. The van der Waals surface area contributed by atoms with Crippen molar-refractivity contribution in [3.8, 4) is 0 Å². The molecule has 1 heterocycles. The summed E-state index contributed by atoms with van der Waals surface area (Å²) in [6.45, 7) is 5.19. The second kappa shape index (κ2) is 1.78. The molecule has 2 radical (unpaired) electrons. The molecule has 36 valence electrons. The van der Waals surface area contributed by atoms with Crippen molar-refractivity contribution in [3.05, 3.63) is 24.9 Å². The second-order valence-corrected chi connectivity index (χ2v) is 1.24. The first-order chi connectivity index (χ1) is 3.43. The first-order valence-corrected chi connectivity index (χ1v) is 2.02. The Morgan fingerprint density at radius 3 is 3.00 bits per heavy atom. The van der Waals surface area contributed by atoms with Gasteiger partial charge in [0.05, 0.1) is 6.20 Å². The third-order valence-corrected chi connectivity index (χ3v) is 0.719. The Hall–Kier alpha value is -0.790. The summed E-state index contributed by atoms with van der Waals surface area (Å²) >= 11 is 0. The van der Waals surface area contributed by atoms with Gasteiger partial charge in [0, 0.05) is 5.56 Å². The van der Waals surface area contributed by atoms with E-state index in [2.05, 4.69) is 9.68 Å². The van der Waals surface area contributed by atoms with Crippen molar-refractivity contribution in [2.45, 2.75) is 6.42 Å². The van der Waals surface area contributed by atoms with Gasteiger partial charge < -0.3 is 4.52 Å². The molecule has 0 unspecified atom stereocenters. The zero-order valence-electron chi connectivity index (χ0n) is 3.79. The number of nitrogens with zero attached hydrogens (tertiary/aromatic N) is 1. The summed E-state index contributed by atoms with van der Waals surface area (Å²) in [7, 11) is 0. The molecule has 7 heavy (non-hydrogen) atoms. The van der Waals surface area contributed by atoms with Gasteiger partial charge in [-0.3, -0.25) is 0 Å². The van der Waals surface area contributed by atoms with Gasteiger partial charge in [0.25, 0.3) is 0 Å². The van der Waals surface area contributed by atoms with Gasteiger partial charge >= 0.3 is 0 Å². The fourth-order valence-corrected chi connectivity index (χ4v) is 0.327. The van der Waals surface area contributed by atoms with E-state index in [0.29, 0.717) is 6.42 Å². The highest BCUT2D eigenvalue weighted by molar-refractivity contribution is 5.00. The van der Waals surface area contributed by atoms with Crippen LogP contribution in [0.5, 0.6) is 0 Å². The summed E-state index contributed by atoms with van der Waals surface area (Å²) in [5, 5.41) is 3.44. The highest BCUT2D eigenvalue weighted by atomic mass is 16.5. The van der Waals surface area contributed by atoms with Gasteiger partial charge in [-0.05, 0) is 13.3 Å². The first kappa shape index (κ1) is 4.37. The number of hydrogen-bond donors (Lipinski definition) is 0. The lowest BCUT2D eigenvalue weighted by molar-refractivity contribution is 0.419. The Morgan fingerprint density at radius 2 is 2.71 bits per heavy atom.